The Labute approximate surface area is 128 Å². The molecule has 1 heterocycles. The number of pyridine rings is 1. The SMILES string of the molecule is Nc1cnc2ccccc2c1N[C@H](CCl)c1ccccc1. The van der Waals surface area contributed by atoms with Crippen LogP contribution in [0.4, 0.5) is 11.4 Å². The molecule has 0 aliphatic heterocycles. The molecule has 0 saturated heterocycles. The Hall–Kier alpha value is -2.26. The van der Waals surface area contributed by atoms with Gasteiger partial charge in [0.25, 0.3) is 0 Å². The molecule has 0 aliphatic carbocycles. The molecule has 0 radical (unpaired) electrons. The van der Waals surface area contributed by atoms with Crippen molar-refractivity contribution in [1.82, 2.24) is 4.98 Å². The lowest BCUT2D eigenvalue weighted by molar-refractivity contribution is 0.896. The molecule has 0 spiro atoms. The van der Waals surface area contributed by atoms with Crippen LogP contribution in [0.15, 0.2) is 60.8 Å². The van der Waals surface area contributed by atoms with Gasteiger partial charge in [0.05, 0.1) is 29.1 Å². The quantitative estimate of drug-likeness (QED) is 0.709. The number of nitrogens with two attached hydrogens (primary N) is 1. The Balaban J connectivity index is 2.02. The molecule has 3 nitrogen and oxygen atoms in total. The van der Waals surface area contributed by atoms with Crippen LogP contribution in [0.1, 0.15) is 11.6 Å². The standard InChI is InChI=1S/C17H16ClN3/c18-10-16(12-6-2-1-3-7-12)21-17-13-8-4-5-9-15(13)20-11-14(17)19/h1-9,11,16H,10,19H2,(H,20,21)/t16-/m1/s1. The number of nitrogens with zero attached hydrogens (tertiary/aromatic N) is 1. The number of hydrogen-bond acceptors (Lipinski definition) is 3. The number of fused-ring (bicyclic) bond motifs is 1. The van der Waals surface area contributed by atoms with Crippen molar-refractivity contribution in [2.75, 3.05) is 16.9 Å². The summed E-state index contributed by atoms with van der Waals surface area (Å²) in [5.74, 6) is 0.458. The molecule has 0 unspecified atom stereocenters. The van der Waals surface area contributed by atoms with Crippen molar-refractivity contribution in [2.45, 2.75) is 6.04 Å². The van der Waals surface area contributed by atoms with Crippen LogP contribution in [-0.2, 0) is 0 Å². The van der Waals surface area contributed by atoms with Crippen LogP contribution in [0.2, 0.25) is 0 Å². The van der Waals surface area contributed by atoms with Crippen molar-refractivity contribution in [3.05, 3.63) is 66.4 Å². The Morgan fingerprint density at radius 2 is 1.76 bits per heavy atom. The average molecular weight is 298 g/mol. The number of halogens is 1. The van der Waals surface area contributed by atoms with Crippen LogP contribution in [0.3, 0.4) is 0 Å². The molecule has 0 aliphatic rings. The highest BCUT2D eigenvalue weighted by Crippen LogP contribution is 2.31. The minimum absolute atomic E-state index is 0.000901. The zero-order valence-corrected chi connectivity index (χ0v) is 12.2. The Kier molecular flexibility index (Phi) is 3.93. The number of nitrogen functional groups attached to an aromatic ring is 1. The van der Waals surface area contributed by atoms with Gasteiger partial charge in [-0.25, -0.2) is 0 Å². The van der Waals surface area contributed by atoms with Gasteiger partial charge in [0, 0.05) is 11.3 Å². The zero-order valence-electron chi connectivity index (χ0n) is 11.5. The van der Waals surface area contributed by atoms with E-state index in [1.165, 1.54) is 0 Å². The van der Waals surface area contributed by atoms with Gasteiger partial charge in [0.15, 0.2) is 0 Å². The van der Waals surface area contributed by atoms with Crippen LogP contribution in [0.5, 0.6) is 0 Å². The molecule has 106 valence electrons. The van der Waals surface area contributed by atoms with E-state index in [4.69, 9.17) is 17.3 Å². The molecule has 3 rings (SSSR count). The second-order valence-corrected chi connectivity index (χ2v) is 5.18. The molecule has 0 saturated carbocycles. The number of rotatable bonds is 4. The van der Waals surface area contributed by atoms with Gasteiger partial charge in [-0.15, -0.1) is 11.6 Å². The van der Waals surface area contributed by atoms with E-state index in [0.717, 1.165) is 22.2 Å². The third-order valence-electron chi connectivity index (χ3n) is 3.48. The molecule has 0 amide bonds. The summed E-state index contributed by atoms with van der Waals surface area (Å²) in [6, 6.07) is 18.0. The number of alkyl halides is 1. The van der Waals surface area contributed by atoms with E-state index in [0.29, 0.717) is 11.6 Å². The highest BCUT2D eigenvalue weighted by molar-refractivity contribution is 6.18. The summed E-state index contributed by atoms with van der Waals surface area (Å²) in [6.07, 6.45) is 1.68. The third kappa shape index (κ3) is 2.78. The Morgan fingerprint density at radius 3 is 2.52 bits per heavy atom. The first kappa shape index (κ1) is 13.7. The van der Waals surface area contributed by atoms with Crippen molar-refractivity contribution in [3.8, 4) is 0 Å². The first-order chi connectivity index (χ1) is 10.3. The van der Waals surface area contributed by atoms with Crippen molar-refractivity contribution in [1.29, 1.82) is 0 Å². The van der Waals surface area contributed by atoms with E-state index in [1.807, 2.05) is 42.5 Å². The van der Waals surface area contributed by atoms with Crippen molar-refractivity contribution in [3.63, 3.8) is 0 Å². The number of nitrogens with one attached hydrogen (secondary N) is 1. The van der Waals surface area contributed by atoms with E-state index < -0.39 is 0 Å². The van der Waals surface area contributed by atoms with Crippen LogP contribution in [0, 0.1) is 0 Å². The molecule has 4 heteroatoms. The van der Waals surface area contributed by atoms with Gasteiger partial charge >= 0.3 is 0 Å². The van der Waals surface area contributed by atoms with Gasteiger partial charge in [-0.2, -0.15) is 0 Å². The zero-order chi connectivity index (χ0) is 14.7. The molecule has 0 bridgehead atoms. The summed E-state index contributed by atoms with van der Waals surface area (Å²) in [7, 11) is 0. The lowest BCUT2D eigenvalue weighted by Gasteiger charge is -2.20. The number of hydrogen-bond donors (Lipinski definition) is 2. The van der Waals surface area contributed by atoms with Gasteiger partial charge in [-0.05, 0) is 11.6 Å². The van der Waals surface area contributed by atoms with Gasteiger partial charge in [0.1, 0.15) is 0 Å². The largest absolute Gasteiger partial charge is 0.396 e. The van der Waals surface area contributed by atoms with Crippen LogP contribution in [0.25, 0.3) is 10.9 Å². The van der Waals surface area contributed by atoms with E-state index in [-0.39, 0.29) is 6.04 Å². The monoisotopic (exact) mass is 297 g/mol. The van der Waals surface area contributed by atoms with E-state index in [9.17, 15) is 0 Å². The summed E-state index contributed by atoms with van der Waals surface area (Å²) in [6.45, 7) is 0. The van der Waals surface area contributed by atoms with E-state index in [1.54, 1.807) is 6.20 Å². The topological polar surface area (TPSA) is 50.9 Å². The van der Waals surface area contributed by atoms with Crippen LogP contribution < -0.4 is 11.1 Å². The average Bonchev–Trinajstić information content (AvgIpc) is 2.55. The van der Waals surface area contributed by atoms with Crippen LogP contribution in [-0.4, -0.2) is 10.9 Å². The lowest BCUT2D eigenvalue weighted by Crippen LogP contribution is -2.14. The fraction of sp³-hybridized carbons (Fsp3) is 0.118. The Bertz CT molecular complexity index is 743. The minimum Gasteiger partial charge on any atom is -0.396 e. The molecule has 2 aromatic carbocycles. The number of para-hydroxylation sites is 1. The first-order valence-corrected chi connectivity index (χ1v) is 7.33. The summed E-state index contributed by atoms with van der Waals surface area (Å²) >= 11 is 6.14. The molecule has 3 aromatic rings. The number of benzene rings is 2. The highest BCUT2D eigenvalue weighted by Gasteiger charge is 2.13. The maximum Gasteiger partial charge on any atom is 0.0743 e. The molecule has 0 fully saturated rings. The van der Waals surface area contributed by atoms with E-state index >= 15 is 0 Å². The third-order valence-corrected chi connectivity index (χ3v) is 3.79. The Morgan fingerprint density at radius 1 is 1.05 bits per heavy atom. The van der Waals surface area contributed by atoms with Crippen molar-refractivity contribution in [2.24, 2.45) is 0 Å². The molecule has 1 atom stereocenters. The van der Waals surface area contributed by atoms with Crippen LogP contribution >= 0.6 is 11.6 Å². The normalized spacial score (nSPS) is 12.2. The minimum atomic E-state index is 0.000901. The fourth-order valence-electron chi connectivity index (χ4n) is 2.39. The van der Waals surface area contributed by atoms with Gasteiger partial charge in [0.2, 0.25) is 0 Å². The summed E-state index contributed by atoms with van der Waals surface area (Å²) in [5, 5.41) is 4.46. The van der Waals surface area contributed by atoms with Gasteiger partial charge in [-0.3, -0.25) is 4.98 Å². The first-order valence-electron chi connectivity index (χ1n) is 6.80. The highest BCUT2D eigenvalue weighted by atomic mass is 35.5. The molecule has 21 heavy (non-hydrogen) atoms. The smallest absolute Gasteiger partial charge is 0.0743 e. The fourth-order valence-corrected chi connectivity index (χ4v) is 2.64. The van der Waals surface area contributed by atoms with Crippen molar-refractivity contribution >= 4 is 33.9 Å². The molecule has 3 N–H and O–H groups in total. The predicted octanol–water partition coefficient (Wildman–Crippen LogP) is 4.21. The summed E-state index contributed by atoms with van der Waals surface area (Å²) in [5.41, 5.74) is 9.65. The second-order valence-electron chi connectivity index (χ2n) is 4.87. The summed E-state index contributed by atoms with van der Waals surface area (Å²) < 4.78 is 0. The molecular formula is C17H16ClN3. The predicted molar refractivity (Wildman–Crippen MR) is 89.7 cm³/mol. The van der Waals surface area contributed by atoms with Crippen molar-refractivity contribution < 1.29 is 0 Å². The maximum absolute atomic E-state index is 6.14. The van der Waals surface area contributed by atoms with Gasteiger partial charge in [-0.1, -0.05) is 48.5 Å². The van der Waals surface area contributed by atoms with Gasteiger partial charge < -0.3 is 11.1 Å². The maximum atomic E-state index is 6.14. The molecular weight excluding hydrogens is 282 g/mol. The lowest BCUT2D eigenvalue weighted by atomic mass is 10.1. The number of aromatic nitrogens is 1. The summed E-state index contributed by atoms with van der Waals surface area (Å²) in [4.78, 5) is 4.35. The van der Waals surface area contributed by atoms with E-state index in [2.05, 4.69) is 22.4 Å². The number of anilines is 2. The molecule has 1 aromatic heterocycles. The second kappa shape index (κ2) is 6.02.